The summed E-state index contributed by atoms with van der Waals surface area (Å²) < 4.78 is 5.75. The minimum atomic E-state index is -0.824. The molecule has 0 aliphatic carbocycles. The van der Waals surface area contributed by atoms with Gasteiger partial charge in [-0.3, -0.25) is 4.79 Å². The van der Waals surface area contributed by atoms with E-state index in [9.17, 15) is 4.79 Å². The first kappa shape index (κ1) is 16.0. The molecule has 0 aromatic heterocycles. The Labute approximate surface area is 130 Å². The average molecular weight is 299 g/mol. The van der Waals surface area contributed by atoms with Gasteiger partial charge in [0.25, 0.3) is 0 Å². The van der Waals surface area contributed by atoms with Crippen LogP contribution in [0.1, 0.15) is 12.5 Å². The van der Waals surface area contributed by atoms with Crippen molar-refractivity contribution in [2.24, 2.45) is 5.92 Å². The number of benzene rings is 2. The minimum absolute atomic E-state index is 0.00813. The Kier molecular flexibility index (Phi) is 5.98. The minimum Gasteiger partial charge on any atom is -0.480 e. The summed E-state index contributed by atoms with van der Waals surface area (Å²) >= 11 is 0. The molecule has 0 bridgehead atoms. The second-order valence-electron chi connectivity index (χ2n) is 5.39. The molecule has 0 spiro atoms. The highest BCUT2D eigenvalue weighted by Gasteiger charge is 2.05. The monoisotopic (exact) mass is 299 g/mol. The number of carbonyl (C=O) groups is 1. The summed E-state index contributed by atoms with van der Waals surface area (Å²) in [5.74, 6) is 1.18. The van der Waals surface area contributed by atoms with E-state index in [-0.39, 0.29) is 6.54 Å². The second-order valence-corrected chi connectivity index (χ2v) is 5.39. The van der Waals surface area contributed by atoms with Crippen molar-refractivity contribution in [3.8, 4) is 11.5 Å². The maximum absolute atomic E-state index is 10.5. The fourth-order valence-corrected chi connectivity index (χ4v) is 2.22. The Hall–Kier alpha value is -2.33. The largest absolute Gasteiger partial charge is 0.480 e. The van der Waals surface area contributed by atoms with E-state index in [0.29, 0.717) is 12.5 Å². The Morgan fingerprint density at radius 3 is 2.36 bits per heavy atom. The fourth-order valence-electron chi connectivity index (χ4n) is 2.22. The standard InChI is InChI=1S/C18H21NO3/c1-14(12-19-13-18(20)21)11-15-7-9-17(10-8-15)22-16-5-3-2-4-6-16/h2-10,14,19H,11-13H2,1H3,(H,20,21). The van der Waals surface area contributed by atoms with Gasteiger partial charge < -0.3 is 15.2 Å². The zero-order valence-corrected chi connectivity index (χ0v) is 12.7. The van der Waals surface area contributed by atoms with E-state index in [4.69, 9.17) is 9.84 Å². The SMILES string of the molecule is CC(CNCC(=O)O)Cc1ccc(Oc2ccccc2)cc1. The average Bonchev–Trinajstić information content (AvgIpc) is 2.50. The number of para-hydroxylation sites is 1. The summed E-state index contributed by atoms with van der Waals surface area (Å²) in [6.07, 6.45) is 0.901. The van der Waals surface area contributed by atoms with Crippen LogP contribution in [0.3, 0.4) is 0 Å². The van der Waals surface area contributed by atoms with Gasteiger partial charge in [-0.1, -0.05) is 37.3 Å². The molecule has 116 valence electrons. The molecule has 0 fully saturated rings. The number of ether oxygens (including phenoxy) is 1. The number of carboxylic acid groups (broad SMARTS) is 1. The quantitative estimate of drug-likeness (QED) is 0.785. The highest BCUT2D eigenvalue weighted by molar-refractivity contribution is 5.68. The summed E-state index contributed by atoms with van der Waals surface area (Å²) in [6, 6.07) is 17.7. The first-order valence-corrected chi connectivity index (χ1v) is 7.38. The smallest absolute Gasteiger partial charge is 0.317 e. The Balaban J connectivity index is 1.82. The van der Waals surface area contributed by atoms with E-state index in [1.807, 2.05) is 54.6 Å². The number of carboxylic acids is 1. The zero-order valence-electron chi connectivity index (χ0n) is 12.7. The third-order valence-electron chi connectivity index (χ3n) is 3.26. The molecule has 0 saturated heterocycles. The second kappa shape index (κ2) is 8.20. The van der Waals surface area contributed by atoms with Crippen molar-refractivity contribution in [3.63, 3.8) is 0 Å². The molecule has 0 saturated carbocycles. The molecule has 1 atom stereocenters. The van der Waals surface area contributed by atoms with Crippen molar-refractivity contribution in [1.82, 2.24) is 5.32 Å². The van der Waals surface area contributed by atoms with Gasteiger partial charge in [-0.25, -0.2) is 0 Å². The van der Waals surface area contributed by atoms with Crippen molar-refractivity contribution in [2.75, 3.05) is 13.1 Å². The van der Waals surface area contributed by atoms with E-state index in [0.717, 1.165) is 17.9 Å². The molecular formula is C18H21NO3. The van der Waals surface area contributed by atoms with Crippen LogP contribution >= 0.6 is 0 Å². The maximum atomic E-state index is 10.5. The Morgan fingerprint density at radius 2 is 1.73 bits per heavy atom. The topological polar surface area (TPSA) is 58.6 Å². The number of rotatable bonds is 8. The lowest BCUT2D eigenvalue weighted by Crippen LogP contribution is -2.27. The summed E-state index contributed by atoms with van der Waals surface area (Å²) in [4.78, 5) is 10.5. The van der Waals surface area contributed by atoms with Crippen LogP contribution in [0.25, 0.3) is 0 Å². The molecule has 2 N–H and O–H groups in total. The molecule has 0 heterocycles. The highest BCUT2D eigenvalue weighted by Crippen LogP contribution is 2.21. The molecule has 2 aromatic rings. The van der Waals surface area contributed by atoms with Gasteiger partial charge in [0.2, 0.25) is 0 Å². The van der Waals surface area contributed by atoms with Crippen molar-refractivity contribution in [3.05, 3.63) is 60.2 Å². The third-order valence-corrected chi connectivity index (χ3v) is 3.26. The molecule has 2 rings (SSSR count). The molecule has 0 aliphatic heterocycles. The molecule has 22 heavy (non-hydrogen) atoms. The molecule has 0 radical (unpaired) electrons. The first-order chi connectivity index (χ1) is 10.6. The lowest BCUT2D eigenvalue weighted by atomic mass is 10.0. The van der Waals surface area contributed by atoms with E-state index < -0.39 is 5.97 Å². The normalized spacial score (nSPS) is 11.9. The Bertz CT molecular complexity index is 581. The number of hydrogen-bond acceptors (Lipinski definition) is 3. The van der Waals surface area contributed by atoms with Gasteiger partial charge in [0.1, 0.15) is 11.5 Å². The van der Waals surface area contributed by atoms with Crippen molar-refractivity contribution in [1.29, 1.82) is 0 Å². The Morgan fingerprint density at radius 1 is 1.09 bits per heavy atom. The highest BCUT2D eigenvalue weighted by atomic mass is 16.5. The first-order valence-electron chi connectivity index (χ1n) is 7.38. The van der Waals surface area contributed by atoms with E-state index in [1.165, 1.54) is 5.56 Å². The number of nitrogens with one attached hydrogen (secondary N) is 1. The van der Waals surface area contributed by atoms with Gasteiger partial charge in [-0.05, 0) is 48.7 Å². The predicted octanol–water partition coefficient (Wildman–Crippen LogP) is 3.33. The van der Waals surface area contributed by atoms with Gasteiger partial charge in [-0.15, -0.1) is 0 Å². The van der Waals surface area contributed by atoms with Gasteiger partial charge in [-0.2, -0.15) is 0 Å². The zero-order chi connectivity index (χ0) is 15.8. The molecule has 4 nitrogen and oxygen atoms in total. The van der Waals surface area contributed by atoms with E-state index in [1.54, 1.807) is 0 Å². The van der Waals surface area contributed by atoms with Crippen LogP contribution in [0.15, 0.2) is 54.6 Å². The third kappa shape index (κ3) is 5.58. The van der Waals surface area contributed by atoms with Crippen LogP contribution in [0.5, 0.6) is 11.5 Å². The van der Waals surface area contributed by atoms with Crippen LogP contribution in [0.2, 0.25) is 0 Å². The van der Waals surface area contributed by atoms with Crippen molar-refractivity contribution < 1.29 is 14.6 Å². The molecular weight excluding hydrogens is 278 g/mol. The van der Waals surface area contributed by atoms with Crippen LogP contribution < -0.4 is 10.1 Å². The van der Waals surface area contributed by atoms with E-state index >= 15 is 0 Å². The van der Waals surface area contributed by atoms with Crippen LogP contribution in [0, 0.1) is 5.92 Å². The maximum Gasteiger partial charge on any atom is 0.317 e. The van der Waals surface area contributed by atoms with E-state index in [2.05, 4.69) is 12.2 Å². The summed E-state index contributed by atoms with van der Waals surface area (Å²) in [7, 11) is 0. The number of hydrogen-bond donors (Lipinski definition) is 2. The predicted molar refractivity (Wildman–Crippen MR) is 86.3 cm³/mol. The van der Waals surface area contributed by atoms with Crippen molar-refractivity contribution in [2.45, 2.75) is 13.3 Å². The summed E-state index contributed by atoms with van der Waals surface area (Å²) in [6.45, 7) is 2.80. The van der Waals surface area contributed by atoms with Crippen LogP contribution in [-0.4, -0.2) is 24.2 Å². The van der Waals surface area contributed by atoms with Crippen molar-refractivity contribution >= 4 is 5.97 Å². The van der Waals surface area contributed by atoms with Gasteiger partial charge in [0, 0.05) is 0 Å². The van der Waals surface area contributed by atoms with Crippen LogP contribution in [0.4, 0.5) is 0 Å². The lowest BCUT2D eigenvalue weighted by molar-refractivity contribution is -0.135. The fraction of sp³-hybridized carbons (Fsp3) is 0.278. The molecule has 2 aromatic carbocycles. The van der Waals surface area contributed by atoms with Crippen LogP contribution in [-0.2, 0) is 11.2 Å². The number of aliphatic carboxylic acids is 1. The summed E-state index contributed by atoms with van der Waals surface area (Å²) in [5, 5.41) is 11.5. The summed E-state index contributed by atoms with van der Waals surface area (Å²) in [5.41, 5.74) is 1.21. The molecule has 0 aliphatic rings. The van der Waals surface area contributed by atoms with Gasteiger partial charge in [0.15, 0.2) is 0 Å². The molecule has 1 unspecified atom stereocenters. The lowest BCUT2D eigenvalue weighted by Gasteiger charge is -2.12. The molecule has 0 amide bonds. The molecule has 4 heteroatoms. The van der Waals surface area contributed by atoms with Gasteiger partial charge >= 0.3 is 5.97 Å². The van der Waals surface area contributed by atoms with Gasteiger partial charge in [0.05, 0.1) is 6.54 Å².